The quantitative estimate of drug-likeness (QED) is 0.444. The Balaban J connectivity index is 1.13. The average molecular weight is 508 g/mol. The van der Waals surface area contributed by atoms with Crippen LogP contribution in [0.15, 0.2) is 48.7 Å². The lowest BCUT2D eigenvalue weighted by atomic mass is 9.86. The fourth-order valence-electron chi connectivity index (χ4n) is 5.40. The number of ether oxygens (including phenoxy) is 3. The number of para-hydroxylation sites is 1. The number of benzene rings is 2. The molecule has 7 nitrogen and oxygen atoms in total. The largest absolute Gasteiger partial charge is 0.493 e. The van der Waals surface area contributed by atoms with E-state index in [9.17, 15) is 9.18 Å². The third kappa shape index (κ3) is 5.58. The number of hydrogen-bond donors (Lipinski definition) is 1. The normalized spacial score (nSPS) is 21.0. The van der Waals surface area contributed by atoms with Crippen LogP contribution in [0.4, 0.5) is 4.39 Å². The first-order valence-corrected chi connectivity index (χ1v) is 13.1. The summed E-state index contributed by atoms with van der Waals surface area (Å²) >= 11 is 0. The monoisotopic (exact) mass is 507 g/mol. The molecule has 2 aliphatic rings. The number of nitrogens with zero attached hydrogens (tertiary/aromatic N) is 2. The molecule has 2 aromatic carbocycles. The van der Waals surface area contributed by atoms with Gasteiger partial charge < -0.3 is 19.5 Å². The molecule has 2 heterocycles. The highest BCUT2D eigenvalue weighted by Gasteiger charge is 2.29. The molecule has 0 spiro atoms. The van der Waals surface area contributed by atoms with Crippen molar-refractivity contribution in [1.82, 2.24) is 15.1 Å². The number of amides is 1. The standard InChI is InChI=1S/C29H34FN3O4/c1-3-33-21(15-16-32-33)18-31-29(34)19-7-10-22(11-8-19)36-23-12-14-26-20(17-23)9-13-27(37-26)24-5-4-6-25(30)28(24)35-2/h4-6,12,14-17,19,22,27H,3,7-11,13,18H2,1-2H3,(H,31,34). The predicted molar refractivity (Wildman–Crippen MR) is 137 cm³/mol. The summed E-state index contributed by atoms with van der Waals surface area (Å²) in [5.74, 6) is 1.61. The Morgan fingerprint density at radius 1 is 1.16 bits per heavy atom. The number of aryl methyl sites for hydroxylation is 2. The van der Waals surface area contributed by atoms with E-state index < -0.39 is 0 Å². The van der Waals surface area contributed by atoms with Gasteiger partial charge in [-0.3, -0.25) is 9.48 Å². The maximum absolute atomic E-state index is 14.1. The van der Waals surface area contributed by atoms with E-state index in [1.807, 2.05) is 41.9 Å². The van der Waals surface area contributed by atoms with Crippen molar-refractivity contribution in [3.8, 4) is 17.2 Å². The number of methoxy groups -OCH3 is 1. The van der Waals surface area contributed by atoms with E-state index in [1.165, 1.54) is 13.2 Å². The van der Waals surface area contributed by atoms with Crippen LogP contribution in [-0.4, -0.2) is 28.9 Å². The van der Waals surface area contributed by atoms with Crippen LogP contribution in [0.1, 0.15) is 62.0 Å². The first-order chi connectivity index (χ1) is 18.1. The molecule has 196 valence electrons. The van der Waals surface area contributed by atoms with Crippen LogP contribution >= 0.6 is 0 Å². The zero-order valence-electron chi connectivity index (χ0n) is 21.4. The van der Waals surface area contributed by atoms with Crippen molar-refractivity contribution in [1.29, 1.82) is 0 Å². The Morgan fingerprint density at radius 3 is 2.78 bits per heavy atom. The summed E-state index contributed by atoms with van der Waals surface area (Å²) in [5.41, 5.74) is 2.83. The lowest BCUT2D eigenvalue weighted by Crippen LogP contribution is -2.35. The first-order valence-electron chi connectivity index (χ1n) is 13.1. The van der Waals surface area contributed by atoms with Gasteiger partial charge in [-0.2, -0.15) is 5.10 Å². The number of carbonyl (C=O) groups excluding carboxylic acids is 1. The Morgan fingerprint density at radius 2 is 2.00 bits per heavy atom. The van der Waals surface area contributed by atoms with Crippen molar-refractivity contribution in [2.24, 2.45) is 5.92 Å². The van der Waals surface area contributed by atoms with Crippen molar-refractivity contribution in [2.75, 3.05) is 7.11 Å². The highest BCUT2D eigenvalue weighted by atomic mass is 19.1. The molecule has 37 heavy (non-hydrogen) atoms. The number of nitrogens with one attached hydrogen (secondary N) is 1. The third-order valence-electron chi connectivity index (χ3n) is 7.42. The predicted octanol–water partition coefficient (Wildman–Crippen LogP) is 5.37. The molecule has 1 unspecified atom stereocenters. The Bertz CT molecular complexity index is 1240. The highest BCUT2D eigenvalue weighted by molar-refractivity contribution is 5.78. The maximum atomic E-state index is 14.1. The molecule has 1 aliphatic carbocycles. The van der Waals surface area contributed by atoms with Crippen LogP contribution in [0.5, 0.6) is 17.2 Å². The van der Waals surface area contributed by atoms with Gasteiger partial charge in [0.15, 0.2) is 11.6 Å². The summed E-state index contributed by atoms with van der Waals surface area (Å²) in [4.78, 5) is 12.7. The van der Waals surface area contributed by atoms with Crippen LogP contribution in [-0.2, 0) is 24.3 Å². The molecule has 3 aromatic rings. The van der Waals surface area contributed by atoms with Crippen LogP contribution in [0.3, 0.4) is 0 Å². The van der Waals surface area contributed by atoms with Gasteiger partial charge in [-0.1, -0.05) is 12.1 Å². The second kappa shape index (κ2) is 11.2. The van der Waals surface area contributed by atoms with Crippen molar-refractivity contribution in [3.05, 3.63) is 71.3 Å². The molecule has 0 radical (unpaired) electrons. The minimum atomic E-state index is -0.380. The number of halogens is 1. The fourth-order valence-corrected chi connectivity index (χ4v) is 5.40. The van der Waals surface area contributed by atoms with Crippen LogP contribution in [0.25, 0.3) is 0 Å². The fraction of sp³-hybridized carbons (Fsp3) is 0.448. The van der Waals surface area contributed by atoms with Crippen molar-refractivity contribution in [2.45, 2.75) is 70.7 Å². The molecule has 1 aliphatic heterocycles. The lowest BCUT2D eigenvalue weighted by Gasteiger charge is -2.30. The van der Waals surface area contributed by atoms with Crippen molar-refractivity contribution < 1.29 is 23.4 Å². The molecule has 1 aromatic heterocycles. The zero-order chi connectivity index (χ0) is 25.8. The van der Waals surface area contributed by atoms with E-state index in [-0.39, 0.29) is 35.6 Å². The molecule has 1 saturated carbocycles. The molecular weight excluding hydrogens is 473 g/mol. The molecule has 1 fully saturated rings. The van der Waals surface area contributed by atoms with E-state index in [0.29, 0.717) is 6.54 Å². The van der Waals surface area contributed by atoms with E-state index in [2.05, 4.69) is 10.4 Å². The molecule has 1 amide bonds. The highest BCUT2D eigenvalue weighted by Crippen LogP contribution is 2.40. The van der Waals surface area contributed by atoms with Crippen LogP contribution < -0.4 is 19.5 Å². The SMILES string of the molecule is CCn1nccc1CNC(=O)C1CCC(Oc2ccc3c(c2)CCC(c2cccc(F)c2OC)O3)CC1. The van der Waals surface area contributed by atoms with E-state index in [4.69, 9.17) is 14.2 Å². The van der Waals surface area contributed by atoms with Gasteiger partial charge in [-0.15, -0.1) is 0 Å². The number of hydrogen-bond acceptors (Lipinski definition) is 5. The summed E-state index contributed by atoms with van der Waals surface area (Å²) in [7, 11) is 1.48. The van der Waals surface area contributed by atoms with E-state index >= 15 is 0 Å². The average Bonchev–Trinajstić information content (AvgIpc) is 3.39. The third-order valence-corrected chi connectivity index (χ3v) is 7.42. The van der Waals surface area contributed by atoms with E-state index in [1.54, 1.807) is 12.3 Å². The minimum absolute atomic E-state index is 0.0199. The molecule has 0 bridgehead atoms. The topological polar surface area (TPSA) is 74.6 Å². The molecule has 8 heteroatoms. The second-order valence-electron chi connectivity index (χ2n) is 9.72. The number of aromatic nitrogens is 2. The Kier molecular flexibility index (Phi) is 7.63. The van der Waals surface area contributed by atoms with Gasteiger partial charge in [0.25, 0.3) is 0 Å². The van der Waals surface area contributed by atoms with Crippen molar-refractivity contribution in [3.63, 3.8) is 0 Å². The van der Waals surface area contributed by atoms with E-state index in [0.717, 1.165) is 73.4 Å². The van der Waals surface area contributed by atoms with Gasteiger partial charge in [0.1, 0.15) is 17.6 Å². The summed E-state index contributed by atoms with van der Waals surface area (Å²) in [5, 5.41) is 7.32. The minimum Gasteiger partial charge on any atom is -0.493 e. The Hall–Kier alpha value is -3.55. The van der Waals surface area contributed by atoms with Gasteiger partial charge in [-0.25, -0.2) is 4.39 Å². The van der Waals surface area contributed by atoms with Gasteiger partial charge in [0.2, 0.25) is 5.91 Å². The zero-order valence-corrected chi connectivity index (χ0v) is 21.4. The van der Waals surface area contributed by atoms with Gasteiger partial charge in [-0.05, 0) is 81.3 Å². The number of carbonyl (C=O) groups is 1. The Labute approximate surface area is 216 Å². The molecule has 5 rings (SSSR count). The molecule has 1 atom stereocenters. The first kappa shape index (κ1) is 25.1. The number of fused-ring (bicyclic) bond motifs is 1. The lowest BCUT2D eigenvalue weighted by molar-refractivity contribution is -0.126. The molecular formula is C29H34FN3O4. The molecule has 1 N–H and O–H groups in total. The van der Waals surface area contributed by atoms with Crippen molar-refractivity contribution >= 4 is 5.91 Å². The number of rotatable bonds is 8. The summed E-state index contributed by atoms with van der Waals surface area (Å²) in [6.07, 6.45) is 6.46. The van der Waals surface area contributed by atoms with Gasteiger partial charge in [0, 0.05) is 24.2 Å². The molecule has 0 saturated heterocycles. The van der Waals surface area contributed by atoms with Crippen LogP contribution in [0, 0.1) is 11.7 Å². The summed E-state index contributed by atoms with van der Waals surface area (Å²) < 4.78 is 33.8. The summed E-state index contributed by atoms with van der Waals surface area (Å²) in [6.45, 7) is 3.33. The maximum Gasteiger partial charge on any atom is 0.223 e. The van der Waals surface area contributed by atoms with Crippen LogP contribution in [0.2, 0.25) is 0 Å². The second-order valence-corrected chi connectivity index (χ2v) is 9.72. The van der Waals surface area contributed by atoms with Gasteiger partial charge in [0.05, 0.1) is 25.5 Å². The van der Waals surface area contributed by atoms with Gasteiger partial charge >= 0.3 is 0 Å². The summed E-state index contributed by atoms with van der Waals surface area (Å²) in [6, 6.07) is 12.8. The smallest absolute Gasteiger partial charge is 0.223 e.